The van der Waals surface area contributed by atoms with Crippen molar-refractivity contribution in [3.8, 4) is 0 Å². The van der Waals surface area contributed by atoms with E-state index in [1.54, 1.807) is 0 Å². The summed E-state index contributed by atoms with van der Waals surface area (Å²) in [7, 11) is 0. The van der Waals surface area contributed by atoms with Gasteiger partial charge in [-0.1, -0.05) is 6.92 Å². The van der Waals surface area contributed by atoms with Gasteiger partial charge in [-0.15, -0.1) is 10.3 Å². The van der Waals surface area contributed by atoms with E-state index in [0.29, 0.717) is 5.92 Å². The zero-order valence-electron chi connectivity index (χ0n) is 7.92. The van der Waals surface area contributed by atoms with Crippen LogP contribution in [0.25, 0.3) is 0 Å². The molecule has 1 saturated heterocycles. The Morgan fingerprint density at radius 2 is 1.91 bits per heavy atom. The van der Waals surface area contributed by atoms with Crippen LogP contribution < -0.4 is 0 Å². The summed E-state index contributed by atoms with van der Waals surface area (Å²) in [5, 5.41) is 12.8. The fourth-order valence-electron chi connectivity index (χ4n) is 2.30. The molecule has 1 rings (SSSR count). The van der Waals surface area contributed by atoms with Crippen LogP contribution >= 0.6 is 0 Å². The molecule has 0 saturated carbocycles. The Morgan fingerprint density at radius 1 is 1.36 bits per heavy atom. The third kappa shape index (κ3) is 1.74. The van der Waals surface area contributed by atoms with Crippen LogP contribution in [-0.2, 0) is 5.21 Å². The van der Waals surface area contributed by atoms with Gasteiger partial charge in [0, 0.05) is 11.6 Å². The lowest BCUT2D eigenvalue weighted by Crippen LogP contribution is -2.51. The standard InChI is InChI=1S/C9H18NO/c1-7-5-8(2)10(11)9(3,4)6-7/h7-8H,5-6H2,1-4H3. The van der Waals surface area contributed by atoms with Crippen molar-refractivity contribution in [3.63, 3.8) is 0 Å². The molecule has 2 heteroatoms. The average molecular weight is 156 g/mol. The number of rotatable bonds is 0. The minimum Gasteiger partial charge on any atom is -0.147 e. The highest BCUT2D eigenvalue weighted by atomic mass is 16.5. The molecule has 0 spiro atoms. The zero-order valence-corrected chi connectivity index (χ0v) is 7.92. The van der Waals surface area contributed by atoms with Gasteiger partial charge in [-0.05, 0) is 39.5 Å². The molecular formula is C9H18NO. The maximum absolute atomic E-state index is 11.5. The van der Waals surface area contributed by atoms with Gasteiger partial charge in [0.1, 0.15) is 0 Å². The van der Waals surface area contributed by atoms with Crippen molar-refractivity contribution in [1.29, 1.82) is 0 Å². The summed E-state index contributed by atoms with van der Waals surface area (Å²) >= 11 is 0. The Labute approximate surface area is 69.2 Å². The van der Waals surface area contributed by atoms with Crippen LogP contribution in [0.15, 0.2) is 0 Å². The maximum atomic E-state index is 11.5. The SMILES string of the molecule is CC1CC(C)N([O])C(C)(C)C1. The molecule has 0 aromatic rings. The molecule has 0 bridgehead atoms. The van der Waals surface area contributed by atoms with E-state index < -0.39 is 0 Å². The highest BCUT2D eigenvalue weighted by molar-refractivity contribution is 4.87. The molecular weight excluding hydrogens is 138 g/mol. The van der Waals surface area contributed by atoms with E-state index in [1.165, 1.54) is 5.06 Å². The summed E-state index contributed by atoms with van der Waals surface area (Å²) in [5.74, 6) is 0.699. The molecule has 1 aliphatic heterocycles. The van der Waals surface area contributed by atoms with E-state index in [2.05, 4.69) is 6.92 Å². The van der Waals surface area contributed by atoms with E-state index in [9.17, 15) is 5.21 Å². The molecule has 0 amide bonds. The summed E-state index contributed by atoms with van der Waals surface area (Å²) in [6, 6.07) is 0.203. The number of hydrogen-bond donors (Lipinski definition) is 0. The van der Waals surface area contributed by atoms with Gasteiger partial charge >= 0.3 is 0 Å². The van der Waals surface area contributed by atoms with Crippen molar-refractivity contribution in [3.05, 3.63) is 0 Å². The first-order valence-electron chi connectivity index (χ1n) is 4.40. The van der Waals surface area contributed by atoms with Gasteiger partial charge in [0.15, 0.2) is 0 Å². The second-order valence-electron chi connectivity index (χ2n) is 4.53. The third-order valence-corrected chi connectivity index (χ3v) is 2.59. The van der Waals surface area contributed by atoms with Gasteiger partial charge in [-0.2, -0.15) is 0 Å². The maximum Gasteiger partial charge on any atom is 0.0443 e. The van der Waals surface area contributed by atoms with Crippen LogP contribution in [0.3, 0.4) is 0 Å². The van der Waals surface area contributed by atoms with Crippen LogP contribution in [0.4, 0.5) is 0 Å². The van der Waals surface area contributed by atoms with Gasteiger partial charge in [0.05, 0.1) is 0 Å². The summed E-state index contributed by atoms with van der Waals surface area (Å²) in [5.41, 5.74) is -0.142. The molecule has 1 radical (unpaired) electrons. The number of hydrogen-bond acceptors (Lipinski definition) is 1. The highest BCUT2D eigenvalue weighted by Crippen LogP contribution is 2.33. The van der Waals surface area contributed by atoms with Crippen LogP contribution in [0.1, 0.15) is 40.5 Å². The first kappa shape index (κ1) is 9.01. The zero-order chi connectivity index (χ0) is 8.65. The summed E-state index contributed by atoms with van der Waals surface area (Å²) < 4.78 is 0. The van der Waals surface area contributed by atoms with Crippen molar-refractivity contribution in [2.24, 2.45) is 5.92 Å². The van der Waals surface area contributed by atoms with Crippen LogP contribution in [0.2, 0.25) is 0 Å². The van der Waals surface area contributed by atoms with E-state index >= 15 is 0 Å². The summed E-state index contributed by atoms with van der Waals surface area (Å²) in [6.45, 7) is 8.31. The molecule has 11 heavy (non-hydrogen) atoms. The largest absolute Gasteiger partial charge is 0.147 e. The van der Waals surface area contributed by atoms with E-state index in [-0.39, 0.29) is 11.6 Å². The molecule has 2 unspecified atom stereocenters. The number of hydroxylamine groups is 2. The quantitative estimate of drug-likeness (QED) is 0.527. The van der Waals surface area contributed by atoms with Gasteiger partial charge < -0.3 is 0 Å². The lowest BCUT2D eigenvalue weighted by Gasteiger charge is -2.43. The molecule has 1 heterocycles. The first-order chi connectivity index (χ1) is 4.93. The molecule has 0 aromatic heterocycles. The molecule has 0 aliphatic carbocycles. The van der Waals surface area contributed by atoms with Crippen LogP contribution in [0.5, 0.6) is 0 Å². The van der Waals surface area contributed by atoms with E-state index in [0.717, 1.165) is 12.8 Å². The van der Waals surface area contributed by atoms with Crippen molar-refractivity contribution >= 4 is 0 Å². The van der Waals surface area contributed by atoms with Crippen LogP contribution in [0, 0.1) is 5.92 Å². The Kier molecular flexibility index (Phi) is 2.26. The molecule has 1 aliphatic rings. The van der Waals surface area contributed by atoms with E-state index in [4.69, 9.17) is 0 Å². The Balaban J connectivity index is 2.67. The Morgan fingerprint density at radius 3 is 2.36 bits per heavy atom. The smallest absolute Gasteiger partial charge is 0.0443 e. The lowest BCUT2D eigenvalue weighted by molar-refractivity contribution is -0.261. The second-order valence-corrected chi connectivity index (χ2v) is 4.53. The highest BCUT2D eigenvalue weighted by Gasteiger charge is 2.37. The Bertz CT molecular complexity index is 144. The summed E-state index contributed by atoms with van der Waals surface area (Å²) in [6.07, 6.45) is 2.08. The van der Waals surface area contributed by atoms with Crippen molar-refractivity contribution in [2.75, 3.05) is 0 Å². The van der Waals surface area contributed by atoms with Gasteiger partial charge in [0.2, 0.25) is 0 Å². The molecule has 2 atom stereocenters. The van der Waals surface area contributed by atoms with Gasteiger partial charge in [-0.3, -0.25) is 0 Å². The van der Waals surface area contributed by atoms with Crippen LogP contribution in [-0.4, -0.2) is 16.6 Å². The minimum atomic E-state index is -0.142. The Hall–Kier alpha value is -0.0800. The minimum absolute atomic E-state index is 0.142. The predicted octanol–water partition coefficient (Wildman–Crippen LogP) is 2.23. The third-order valence-electron chi connectivity index (χ3n) is 2.59. The fraction of sp³-hybridized carbons (Fsp3) is 1.00. The average Bonchev–Trinajstić information content (AvgIpc) is 1.81. The van der Waals surface area contributed by atoms with Gasteiger partial charge in [-0.25, -0.2) is 0 Å². The summed E-state index contributed by atoms with van der Waals surface area (Å²) in [4.78, 5) is 0. The molecule has 0 N–H and O–H groups in total. The van der Waals surface area contributed by atoms with Crippen molar-refractivity contribution in [1.82, 2.24) is 5.06 Å². The molecule has 1 fully saturated rings. The lowest BCUT2D eigenvalue weighted by atomic mass is 9.82. The molecule has 0 aromatic carbocycles. The van der Waals surface area contributed by atoms with Crippen molar-refractivity contribution < 1.29 is 5.21 Å². The molecule has 65 valence electrons. The number of nitrogens with zero attached hydrogens (tertiary/aromatic N) is 1. The fourth-order valence-corrected chi connectivity index (χ4v) is 2.30. The monoisotopic (exact) mass is 156 g/mol. The number of piperidine rings is 1. The normalized spacial score (nSPS) is 39.0. The molecule has 2 nitrogen and oxygen atoms in total. The first-order valence-corrected chi connectivity index (χ1v) is 4.40. The van der Waals surface area contributed by atoms with E-state index in [1.807, 2.05) is 20.8 Å². The van der Waals surface area contributed by atoms with Crippen molar-refractivity contribution in [2.45, 2.75) is 52.1 Å². The topological polar surface area (TPSA) is 23.1 Å². The predicted molar refractivity (Wildman–Crippen MR) is 44.5 cm³/mol. The van der Waals surface area contributed by atoms with Gasteiger partial charge in [0.25, 0.3) is 0 Å². The second kappa shape index (κ2) is 2.76.